The second kappa shape index (κ2) is 6.55. The maximum atomic E-state index is 12.5. The Morgan fingerprint density at radius 3 is 2.31 bits per heavy atom. The molecule has 2 amide bonds. The van der Waals surface area contributed by atoms with Crippen LogP contribution in [0, 0.1) is 0 Å². The molecule has 0 saturated heterocycles. The lowest BCUT2D eigenvalue weighted by Gasteiger charge is -2.19. The first-order valence-corrected chi connectivity index (χ1v) is 7.50. The van der Waals surface area contributed by atoms with Crippen molar-refractivity contribution >= 4 is 34.2 Å². The topological polar surface area (TPSA) is 62.6 Å². The molecule has 0 fully saturated rings. The standard InChI is InChI=1S/C18H13F3N2O3/c1-23(17(25)18(19,20)21)13-8-6-12(7-9-13)22-16(24)15-10-11-4-2-3-5-14(11)26-15/h2-10H,1H3,(H,22,24). The highest BCUT2D eigenvalue weighted by Gasteiger charge is 2.41. The number of para-hydroxylation sites is 1. The van der Waals surface area contributed by atoms with Crippen molar-refractivity contribution in [3.8, 4) is 0 Å². The number of alkyl halides is 3. The quantitative estimate of drug-likeness (QED) is 0.759. The molecule has 0 saturated carbocycles. The van der Waals surface area contributed by atoms with Gasteiger partial charge in [0.15, 0.2) is 5.76 Å². The van der Waals surface area contributed by atoms with Gasteiger partial charge in [-0.05, 0) is 36.4 Å². The SMILES string of the molecule is CN(C(=O)C(F)(F)F)c1ccc(NC(=O)c2cc3ccccc3o2)cc1. The zero-order valence-corrected chi connectivity index (χ0v) is 13.5. The lowest BCUT2D eigenvalue weighted by molar-refractivity contribution is -0.170. The van der Waals surface area contributed by atoms with Crippen LogP contribution in [-0.2, 0) is 4.79 Å². The predicted molar refractivity (Wildman–Crippen MR) is 90.1 cm³/mol. The van der Waals surface area contributed by atoms with Gasteiger partial charge in [-0.2, -0.15) is 13.2 Å². The molecular weight excluding hydrogens is 349 g/mol. The third-order valence-electron chi connectivity index (χ3n) is 3.71. The largest absolute Gasteiger partial charge is 0.471 e. The van der Waals surface area contributed by atoms with Crippen LogP contribution in [-0.4, -0.2) is 25.0 Å². The van der Waals surface area contributed by atoms with Crippen LogP contribution < -0.4 is 10.2 Å². The van der Waals surface area contributed by atoms with E-state index in [1.165, 1.54) is 24.3 Å². The van der Waals surface area contributed by atoms with Crippen LogP contribution >= 0.6 is 0 Å². The van der Waals surface area contributed by atoms with E-state index < -0.39 is 18.0 Å². The van der Waals surface area contributed by atoms with Crippen molar-refractivity contribution in [1.29, 1.82) is 0 Å². The lowest BCUT2D eigenvalue weighted by atomic mass is 10.2. The van der Waals surface area contributed by atoms with Crippen LogP contribution in [0.1, 0.15) is 10.6 Å². The molecule has 0 aliphatic carbocycles. The zero-order valence-electron chi connectivity index (χ0n) is 13.5. The number of benzene rings is 2. The molecular formula is C18H13F3N2O3. The van der Waals surface area contributed by atoms with Crippen molar-refractivity contribution in [3.05, 3.63) is 60.4 Å². The van der Waals surface area contributed by atoms with Gasteiger partial charge in [-0.25, -0.2) is 0 Å². The number of anilines is 2. The third-order valence-corrected chi connectivity index (χ3v) is 3.71. The molecule has 1 aromatic heterocycles. The molecule has 8 heteroatoms. The molecule has 2 aromatic carbocycles. The maximum Gasteiger partial charge on any atom is 0.471 e. The second-order valence-electron chi connectivity index (χ2n) is 5.51. The molecule has 26 heavy (non-hydrogen) atoms. The van der Waals surface area contributed by atoms with E-state index in [-0.39, 0.29) is 11.4 Å². The van der Waals surface area contributed by atoms with E-state index in [0.717, 1.165) is 12.4 Å². The molecule has 0 aliphatic rings. The van der Waals surface area contributed by atoms with Crippen LogP contribution in [0.25, 0.3) is 11.0 Å². The number of nitrogens with zero attached hydrogens (tertiary/aromatic N) is 1. The van der Waals surface area contributed by atoms with E-state index in [0.29, 0.717) is 16.2 Å². The highest BCUT2D eigenvalue weighted by Crippen LogP contribution is 2.24. The number of nitrogens with one attached hydrogen (secondary N) is 1. The Morgan fingerprint density at radius 1 is 1.04 bits per heavy atom. The molecule has 0 radical (unpaired) electrons. The fourth-order valence-corrected chi connectivity index (χ4v) is 2.36. The van der Waals surface area contributed by atoms with Gasteiger partial charge in [0.25, 0.3) is 5.91 Å². The van der Waals surface area contributed by atoms with Crippen molar-refractivity contribution in [1.82, 2.24) is 0 Å². The third kappa shape index (κ3) is 3.53. The molecule has 5 nitrogen and oxygen atoms in total. The summed E-state index contributed by atoms with van der Waals surface area (Å²) in [6.07, 6.45) is -4.96. The van der Waals surface area contributed by atoms with Crippen LogP contribution in [0.2, 0.25) is 0 Å². The number of rotatable bonds is 3. The summed E-state index contributed by atoms with van der Waals surface area (Å²) in [6, 6.07) is 14.1. The van der Waals surface area contributed by atoms with Crippen LogP contribution in [0.15, 0.2) is 59.0 Å². The number of furan rings is 1. The molecule has 0 bridgehead atoms. The van der Waals surface area contributed by atoms with Crippen molar-refractivity contribution in [3.63, 3.8) is 0 Å². The Labute approximate surface area is 146 Å². The summed E-state index contributed by atoms with van der Waals surface area (Å²) >= 11 is 0. The Hall–Kier alpha value is -3.29. The fourth-order valence-electron chi connectivity index (χ4n) is 2.36. The number of carbonyl (C=O) groups is 2. The zero-order chi connectivity index (χ0) is 18.9. The fraction of sp³-hybridized carbons (Fsp3) is 0.111. The molecule has 3 aromatic rings. The summed E-state index contributed by atoms with van der Waals surface area (Å²) in [5.41, 5.74) is 0.974. The van der Waals surface area contributed by atoms with Gasteiger partial charge in [-0.3, -0.25) is 9.59 Å². The average Bonchev–Trinajstić information content (AvgIpc) is 3.04. The minimum absolute atomic E-state index is 0.0501. The molecule has 0 aliphatic heterocycles. The van der Waals surface area contributed by atoms with Gasteiger partial charge in [0, 0.05) is 23.8 Å². The Morgan fingerprint density at radius 2 is 1.69 bits per heavy atom. The number of fused-ring (bicyclic) bond motifs is 1. The Balaban J connectivity index is 1.72. The minimum atomic E-state index is -4.96. The number of carbonyl (C=O) groups excluding carboxylic acids is 2. The summed E-state index contributed by atoms with van der Waals surface area (Å²) < 4.78 is 42.8. The van der Waals surface area contributed by atoms with Crippen molar-refractivity contribution in [2.75, 3.05) is 17.3 Å². The summed E-state index contributed by atoms with van der Waals surface area (Å²) in [4.78, 5) is 23.9. The van der Waals surface area contributed by atoms with Gasteiger partial charge in [-0.15, -0.1) is 0 Å². The Kier molecular flexibility index (Phi) is 4.41. The maximum absolute atomic E-state index is 12.5. The molecule has 0 unspecified atom stereocenters. The number of halogens is 3. The molecule has 0 spiro atoms. The van der Waals surface area contributed by atoms with Crippen molar-refractivity contribution in [2.24, 2.45) is 0 Å². The second-order valence-corrected chi connectivity index (χ2v) is 5.51. The van der Waals surface area contributed by atoms with Gasteiger partial charge in [0.05, 0.1) is 0 Å². The Bertz CT molecular complexity index is 929. The van der Waals surface area contributed by atoms with E-state index in [9.17, 15) is 22.8 Å². The number of amides is 2. The van der Waals surface area contributed by atoms with E-state index in [1.807, 2.05) is 6.07 Å². The first kappa shape index (κ1) is 17.5. The average molecular weight is 362 g/mol. The first-order valence-electron chi connectivity index (χ1n) is 7.50. The smallest absolute Gasteiger partial charge is 0.451 e. The number of hydrogen-bond donors (Lipinski definition) is 1. The highest BCUT2D eigenvalue weighted by atomic mass is 19.4. The van der Waals surface area contributed by atoms with Gasteiger partial charge < -0.3 is 14.6 Å². The summed E-state index contributed by atoms with van der Waals surface area (Å²) in [6.45, 7) is 0. The lowest BCUT2D eigenvalue weighted by Crippen LogP contribution is -2.38. The van der Waals surface area contributed by atoms with Gasteiger partial charge in [-0.1, -0.05) is 18.2 Å². The normalized spacial score (nSPS) is 11.4. The highest BCUT2D eigenvalue weighted by molar-refractivity contribution is 6.04. The van der Waals surface area contributed by atoms with Gasteiger partial charge >= 0.3 is 12.1 Å². The molecule has 1 N–H and O–H groups in total. The summed E-state index contributed by atoms with van der Waals surface area (Å²) in [5, 5.41) is 3.36. The van der Waals surface area contributed by atoms with Crippen LogP contribution in [0.5, 0.6) is 0 Å². The number of hydrogen-bond acceptors (Lipinski definition) is 3. The van der Waals surface area contributed by atoms with E-state index in [2.05, 4.69) is 5.32 Å². The van der Waals surface area contributed by atoms with E-state index in [4.69, 9.17) is 4.42 Å². The summed E-state index contributed by atoms with van der Waals surface area (Å²) in [7, 11) is 1.03. The predicted octanol–water partition coefficient (Wildman–Crippen LogP) is 4.21. The molecule has 0 atom stereocenters. The van der Waals surface area contributed by atoms with Crippen molar-refractivity contribution in [2.45, 2.75) is 6.18 Å². The van der Waals surface area contributed by atoms with Gasteiger partial charge in [0.2, 0.25) is 0 Å². The monoisotopic (exact) mass is 362 g/mol. The molecule has 134 valence electrons. The van der Waals surface area contributed by atoms with Gasteiger partial charge in [0.1, 0.15) is 5.58 Å². The summed E-state index contributed by atoms with van der Waals surface area (Å²) in [5.74, 6) is -2.36. The van der Waals surface area contributed by atoms with Crippen LogP contribution in [0.3, 0.4) is 0 Å². The molecule has 3 rings (SSSR count). The van der Waals surface area contributed by atoms with E-state index >= 15 is 0 Å². The van der Waals surface area contributed by atoms with E-state index in [1.54, 1.807) is 24.3 Å². The van der Waals surface area contributed by atoms with Crippen LogP contribution in [0.4, 0.5) is 24.5 Å². The minimum Gasteiger partial charge on any atom is -0.451 e. The molecule has 1 heterocycles. The first-order chi connectivity index (χ1) is 12.3. The van der Waals surface area contributed by atoms with Crippen molar-refractivity contribution < 1.29 is 27.2 Å².